The molecule has 0 aliphatic carbocycles. The highest BCUT2D eigenvalue weighted by molar-refractivity contribution is 6.01. The van der Waals surface area contributed by atoms with Gasteiger partial charge < -0.3 is 10.1 Å². The van der Waals surface area contributed by atoms with Crippen LogP contribution in [0.3, 0.4) is 0 Å². The highest BCUT2D eigenvalue weighted by Gasteiger charge is 2.17. The Hall–Kier alpha value is -3.92. The summed E-state index contributed by atoms with van der Waals surface area (Å²) >= 11 is 0. The summed E-state index contributed by atoms with van der Waals surface area (Å²) in [6.45, 7) is 5.96. The van der Waals surface area contributed by atoms with Gasteiger partial charge in [-0.3, -0.25) is 14.0 Å². The number of carbonyl (C=O) groups excluding carboxylic acids is 1. The van der Waals surface area contributed by atoms with Crippen molar-refractivity contribution in [2.45, 2.75) is 20.8 Å². The summed E-state index contributed by atoms with van der Waals surface area (Å²) in [7, 11) is 0. The Labute approximate surface area is 167 Å². The molecule has 29 heavy (non-hydrogen) atoms. The molecule has 0 bridgehead atoms. The van der Waals surface area contributed by atoms with E-state index in [0.717, 1.165) is 11.1 Å². The normalized spacial score (nSPS) is 11.2. The smallest absolute Gasteiger partial charge is 0.269 e. The first-order valence-electron chi connectivity index (χ1n) is 9.11. The predicted molar refractivity (Wildman–Crippen MR) is 110 cm³/mol. The molecule has 0 unspecified atom stereocenters. The number of nitrogens with one attached hydrogen (secondary N) is 1. The number of nitrogens with zero attached hydrogens (tertiary/aromatic N) is 3. The van der Waals surface area contributed by atoms with Crippen molar-refractivity contribution in [3.05, 3.63) is 75.2 Å². The van der Waals surface area contributed by atoms with E-state index < -0.39 is 11.5 Å². The third-order valence-electron chi connectivity index (χ3n) is 4.26. The summed E-state index contributed by atoms with van der Waals surface area (Å²) in [5, 5.41) is 12.0. The van der Waals surface area contributed by atoms with Crippen LogP contribution in [-0.2, 0) is 4.79 Å². The van der Waals surface area contributed by atoms with Crippen LogP contribution in [0.15, 0.2) is 53.0 Å². The molecule has 0 atom stereocenters. The first-order chi connectivity index (χ1) is 13.9. The quantitative estimate of drug-likeness (QED) is 0.535. The van der Waals surface area contributed by atoms with Gasteiger partial charge in [0.05, 0.1) is 0 Å². The molecule has 0 saturated heterocycles. The van der Waals surface area contributed by atoms with Gasteiger partial charge in [-0.15, -0.1) is 0 Å². The highest BCUT2D eigenvalue weighted by atomic mass is 16.5. The number of fused-ring (bicyclic) bond motifs is 1. The van der Waals surface area contributed by atoms with Crippen molar-refractivity contribution in [1.29, 1.82) is 5.26 Å². The molecule has 2 heterocycles. The van der Waals surface area contributed by atoms with Gasteiger partial charge in [0.1, 0.15) is 28.6 Å². The Morgan fingerprint density at radius 3 is 2.79 bits per heavy atom. The molecule has 3 rings (SSSR count). The van der Waals surface area contributed by atoms with Gasteiger partial charge in [-0.05, 0) is 50.6 Å². The number of hydrogen-bond acceptors (Lipinski definition) is 5. The van der Waals surface area contributed by atoms with Crippen LogP contribution < -0.4 is 15.6 Å². The lowest BCUT2D eigenvalue weighted by atomic mass is 10.1. The van der Waals surface area contributed by atoms with Crippen molar-refractivity contribution in [2.75, 3.05) is 6.54 Å². The molecular weight excluding hydrogens is 368 g/mol. The molecular formula is C22H20N4O3. The van der Waals surface area contributed by atoms with Gasteiger partial charge in [0.15, 0.2) is 0 Å². The van der Waals surface area contributed by atoms with Crippen LogP contribution in [-0.4, -0.2) is 21.8 Å². The van der Waals surface area contributed by atoms with Crippen LogP contribution in [0.25, 0.3) is 11.7 Å². The summed E-state index contributed by atoms with van der Waals surface area (Å²) in [6.07, 6.45) is 2.79. The van der Waals surface area contributed by atoms with Crippen LogP contribution in [0.4, 0.5) is 0 Å². The van der Waals surface area contributed by atoms with E-state index in [1.807, 2.05) is 32.0 Å². The number of aromatic nitrogens is 2. The van der Waals surface area contributed by atoms with E-state index in [1.165, 1.54) is 10.5 Å². The van der Waals surface area contributed by atoms with E-state index in [9.17, 15) is 14.9 Å². The summed E-state index contributed by atoms with van der Waals surface area (Å²) in [5.41, 5.74) is 1.73. The predicted octanol–water partition coefficient (Wildman–Crippen LogP) is 3.15. The molecule has 0 spiro atoms. The Balaban J connectivity index is 2.22. The summed E-state index contributed by atoms with van der Waals surface area (Å²) in [5.74, 6) is 0.00387. The monoisotopic (exact) mass is 388 g/mol. The van der Waals surface area contributed by atoms with Gasteiger partial charge in [-0.1, -0.05) is 23.8 Å². The van der Waals surface area contributed by atoms with E-state index >= 15 is 0 Å². The highest BCUT2D eigenvalue weighted by Crippen LogP contribution is 2.27. The van der Waals surface area contributed by atoms with Crippen molar-refractivity contribution >= 4 is 17.6 Å². The van der Waals surface area contributed by atoms with Crippen LogP contribution in [0, 0.1) is 25.2 Å². The number of benzene rings is 1. The Morgan fingerprint density at radius 2 is 2.10 bits per heavy atom. The molecule has 1 aromatic carbocycles. The minimum atomic E-state index is -0.565. The molecule has 0 radical (unpaired) electrons. The van der Waals surface area contributed by atoms with Crippen molar-refractivity contribution in [3.63, 3.8) is 0 Å². The van der Waals surface area contributed by atoms with Crippen molar-refractivity contribution in [3.8, 4) is 17.7 Å². The summed E-state index contributed by atoms with van der Waals surface area (Å²) < 4.78 is 7.30. The zero-order valence-corrected chi connectivity index (χ0v) is 16.4. The van der Waals surface area contributed by atoms with Crippen molar-refractivity contribution < 1.29 is 9.53 Å². The largest absolute Gasteiger partial charge is 0.438 e. The lowest BCUT2D eigenvalue weighted by molar-refractivity contribution is -0.116. The van der Waals surface area contributed by atoms with E-state index in [2.05, 4.69) is 10.3 Å². The second kappa shape index (κ2) is 8.40. The topological polar surface area (TPSA) is 96.5 Å². The van der Waals surface area contributed by atoms with E-state index in [0.29, 0.717) is 17.9 Å². The summed E-state index contributed by atoms with van der Waals surface area (Å²) in [4.78, 5) is 29.7. The molecule has 0 fully saturated rings. The second-order valence-electron chi connectivity index (χ2n) is 6.46. The van der Waals surface area contributed by atoms with Crippen LogP contribution in [0.1, 0.15) is 23.6 Å². The van der Waals surface area contributed by atoms with Crippen LogP contribution >= 0.6 is 0 Å². The van der Waals surface area contributed by atoms with E-state index in [1.54, 1.807) is 37.4 Å². The summed E-state index contributed by atoms with van der Waals surface area (Å²) in [6, 6.07) is 12.6. The average Bonchev–Trinajstić information content (AvgIpc) is 2.70. The molecule has 0 saturated carbocycles. The molecule has 0 aliphatic heterocycles. The van der Waals surface area contributed by atoms with Gasteiger partial charge >= 0.3 is 0 Å². The van der Waals surface area contributed by atoms with Gasteiger partial charge in [0.25, 0.3) is 11.5 Å². The molecule has 1 N–H and O–H groups in total. The van der Waals surface area contributed by atoms with E-state index in [-0.39, 0.29) is 17.0 Å². The SMILES string of the molecule is CCNC(=O)/C(C#N)=C/c1c(Oc2ccc(C)cc2C)nc2ccccn2c1=O. The molecule has 7 nitrogen and oxygen atoms in total. The lowest BCUT2D eigenvalue weighted by Gasteiger charge is -2.12. The molecule has 0 aliphatic rings. The van der Waals surface area contributed by atoms with Crippen molar-refractivity contribution in [1.82, 2.24) is 14.7 Å². The Morgan fingerprint density at radius 1 is 1.31 bits per heavy atom. The molecule has 146 valence electrons. The maximum Gasteiger partial charge on any atom is 0.269 e. The number of hydrogen-bond donors (Lipinski definition) is 1. The number of carbonyl (C=O) groups is 1. The third-order valence-corrected chi connectivity index (χ3v) is 4.26. The zero-order chi connectivity index (χ0) is 21.0. The third kappa shape index (κ3) is 4.17. The zero-order valence-electron chi connectivity index (χ0n) is 16.4. The number of likely N-dealkylation sites (N-methyl/N-ethyl adjacent to an activating group) is 1. The first-order valence-corrected chi connectivity index (χ1v) is 9.11. The van der Waals surface area contributed by atoms with Gasteiger partial charge in [0.2, 0.25) is 5.88 Å². The molecule has 3 aromatic rings. The standard InChI is InChI=1S/C22H20N4O3/c1-4-24-20(27)16(13-23)12-17-21(29-18-9-8-14(2)11-15(18)3)25-19-7-5-6-10-26(19)22(17)28/h5-12H,4H2,1-3H3,(H,24,27)/b16-12+. The number of amides is 1. The Bertz CT molecular complexity index is 1220. The average molecular weight is 388 g/mol. The second-order valence-corrected chi connectivity index (χ2v) is 6.46. The van der Waals surface area contributed by atoms with Crippen molar-refractivity contribution in [2.24, 2.45) is 0 Å². The fourth-order valence-electron chi connectivity index (χ4n) is 2.85. The number of rotatable bonds is 5. The van der Waals surface area contributed by atoms with Gasteiger partial charge in [-0.25, -0.2) is 0 Å². The fraction of sp³-hybridized carbons (Fsp3) is 0.182. The minimum absolute atomic E-state index is 0.0245. The molecule has 2 aromatic heterocycles. The van der Waals surface area contributed by atoms with Gasteiger partial charge in [-0.2, -0.15) is 10.2 Å². The number of aryl methyl sites for hydroxylation is 2. The number of nitriles is 1. The minimum Gasteiger partial charge on any atom is -0.438 e. The molecule has 7 heteroatoms. The Kier molecular flexibility index (Phi) is 5.74. The lowest BCUT2D eigenvalue weighted by Crippen LogP contribution is -2.25. The van der Waals surface area contributed by atoms with Crippen LogP contribution in [0.2, 0.25) is 0 Å². The molecule has 1 amide bonds. The fourth-order valence-corrected chi connectivity index (χ4v) is 2.85. The number of ether oxygens (including phenoxy) is 1. The number of pyridine rings is 1. The maximum absolute atomic E-state index is 13.1. The maximum atomic E-state index is 13.1. The van der Waals surface area contributed by atoms with E-state index in [4.69, 9.17) is 4.74 Å². The van der Waals surface area contributed by atoms with Gasteiger partial charge in [0, 0.05) is 12.7 Å². The first kappa shape index (κ1) is 19.8. The van der Waals surface area contributed by atoms with Crippen LogP contribution in [0.5, 0.6) is 11.6 Å².